The van der Waals surface area contributed by atoms with Gasteiger partial charge in [0.1, 0.15) is 5.69 Å². The zero-order valence-corrected chi connectivity index (χ0v) is 16.0. The van der Waals surface area contributed by atoms with E-state index in [0.717, 1.165) is 31.9 Å². The van der Waals surface area contributed by atoms with E-state index in [9.17, 15) is 18.5 Å². The molecule has 10 heteroatoms. The van der Waals surface area contributed by atoms with Crippen LogP contribution in [0, 0.1) is 10.1 Å². The van der Waals surface area contributed by atoms with Crippen LogP contribution in [0.1, 0.15) is 0 Å². The van der Waals surface area contributed by atoms with Crippen LogP contribution in [0.4, 0.5) is 17.1 Å². The van der Waals surface area contributed by atoms with E-state index in [1.165, 1.54) is 10.6 Å². The number of hydrogen-bond donors (Lipinski definition) is 0. The van der Waals surface area contributed by atoms with Gasteiger partial charge in [-0.05, 0) is 19.2 Å². The molecule has 0 saturated carbocycles. The highest BCUT2D eigenvalue weighted by Gasteiger charge is 2.27. The highest BCUT2D eigenvalue weighted by atomic mass is 32.2. The fraction of sp³-hybridized carbons (Fsp3) is 0.625. The molecule has 2 fully saturated rings. The van der Waals surface area contributed by atoms with E-state index in [2.05, 4.69) is 14.7 Å². The monoisotopic (exact) mass is 383 g/mol. The molecule has 2 aliphatic rings. The summed E-state index contributed by atoms with van der Waals surface area (Å²) < 4.78 is 24.8. The molecule has 0 bridgehead atoms. The third-order valence-corrected chi connectivity index (χ3v) is 6.38. The standard InChI is InChI=1S/C16H25N5O4S/c1-17-5-7-19(8-6-17)16-13-14(3-4-15(16)21(22)23)18-9-11-20(12-10-18)26(2,24)25/h3-4,13H,5-12H2,1-2H3. The Hall–Kier alpha value is -1.91. The van der Waals surface area contributed by atoms with E-state index in [-0.39, 0.29) is 10.6 Å². The molecule has 0 aromatic heterocycles. The van der Waals surface area contributed by atoms with Crippen molar-refractivity contribution in [3.8, 4) is 0 Å². The molecule has 2 heterocycles. The molecule has 0 amide bonds. The van der Waals surface area contributed by atoms with E-state index in [4.69, 9.17) is 0 Å². The van der Waals surface area contributed by atoms with Gasteiger partial charge in [0.05, 0.1) is 11.2 Å². The first kappa shape index (κ1) is 18.9. The van der Waals surface area contributed by atoms with Crippen LogP contribution in [0.15, 0.2) is 18.2 Å². The van der Waals surface area contributed by atoms with Crippen LogP contribution in [-0.2, 0) is 10.0 Å². The van der Waals surface area contributed by atoms with Gasteiger partial charge in [-0.2, -0.15) is 4.31 Å². The highest BCUT2D eigenvalue weighted by molar-refractivity contribution is 7.88. The molecule has 1 aromatic rings. The second-order valence-electron chi connectivity index (χ2n) is 6.87. The average molecular weight is 383 g/mol. The molecular weight excluding hydrogens is 358 g/mol. The second-order valence-corrected chi connectivity index (χ2v) is 8.85. The minimum atomic E-state index is -3.18. The van der Waals surface area contributed by atoms with Gasteiger partial charge in [-0.1, -0.05) is 0 Å². The molecule has 9 nitrogen and oxygen atoms in total. The van der Waals surface area contributed by atoms with E-state index >= 15 is 0 Å². The van der Waals surface area contributed by atoms with Gasteiger partial charge in [0.2, 0.25) is 10.0 Å². The molecule has 0 atom stereocenters. The smallest absolute Gasteiger partial charge is 0.292 e. The highest BCUT2D eigenvalue weighted by Crippen LogP contribution is 2.33. The summed E-state index contributed by atoms with van der Waals surface area (Å²) >= 11 is 0. The molecule has 0 aliphatic carbocycles. The maximum atomic E-state index is 11.7. The van der Waals surface area contributed by atoms with Crippen molar-refractivity contribution in [2.45, 2.75) is 0 Å². The average Bonchev–Trinajstić information content (AvgIpc) is 2.61. The Morgan fingerprint density at radius 1 is 0.962 bits per heavy atom. The molecule has 1 aromatic carbocycles. The lowest BCUT2D eigenvalue weighted by Crippen LogP contribution is -2.48. The first-order valence-electron chi connectivity index (χ1n) is 8.68. The lowest BCUT2D eigenvalue weighted by molar-refractivity contribution is -0.384. The minimum absolute atomic E-state index is 0.119. The maximum absolute atomic E-state index is 11.7. The molecule has 0 N–H and O–H groups in total. The van der Waals surface area contributed by atoms with Crippen LogP contribution in [0.25, 0.3) is 0 Å². The molecular formula is C16H25N5O4S. The summed E-state index contributed by atoms with van der Waals surface area (Å²) in [6.45, 7) is 5.26. The largest absolute Gasteiger partial charge is 0.369 e. The van der Waals surface area contributed by atoms with Crippen LogP contribution in [0.3, 0.4) is 0 Å². The number of piperazine rings is 2. The van der Waals surface area contributed by atoms with Crippen molar-refractivity contribution in [1.29, 1.82) is 0 Å². The third-order valence-electron chi connectivity index (χ3n) is 5.07. The zero-order valence-electron chi connectivity index (χ0n) is 15.2. The number of rotatable bonds is 4. The normalized spacial score (nSPS) is 20.4. The fourth-order valence-corrected chi connectivity index (χ4v) is 4.27. The van der Waals surface area contributed by atoms with Crippen LogP contribution >= 0.6 is 0 Å². The molecule has 144 valence electrons. The Morgan fingerprint density at radius 3 is 2.08 bits per heavy atom. The van der Waals surface area contributed by atoms with Gasteiger partial charge in [-0.15, -0.1) is 0 Å². The zero-order chi connectivity index (χ0) is 18.9. The van der Waals surface area contributed by atoms with E-state index in [1.54, 1.807) is 12.1 Å². The molecule has 2 aliphatic heterocycles. The fourth-order valence-electron chi connectivity index (χ4n) is 3.44. The number of nitro groups is 1. The molecule has 0 radical (unpaired) electrons. The summed E-state index contributed by atoms with van der Waals surface area (Å²) in [5.41, 5.74) is 1.66. The Labute approximate surface area is 154 Å². The van der Waals surface area contributed by atoms with Gasteiger partial charge in [-0.25, -0.2) is 8.42 Å². The van der Waals surface area contributed by atoms with Crippen molar-refractivity contribution in [3.63, 3.8) is 0 Å². The van der Waals surface area contributed by atoms with Crippen molar-refractivity contribution in [1.82, 2.24) is 9.21 Å². The van der Waals surface area contributed by atoms with Gasteiger partial charge in [0, 0.05) is 64.1 Å². The number of anilines is 2. The Morgan fingerprint density at radius 2 is 1.54 bits per heavy atom. The SMILES string of the molecule is CN1CCN(c2cc(N3CCN(S(C)(=O)=O)CC3)ccc2[N+](=O)[O-])CC1. The summed E-state index contributed by atoms with van der Waals surface area (Å²) in [5, 5.41) is 11.5. The van der Waals surface area contributed by atoms with Crippen molar-refractivity contribution in [2.24, 2.45) is 0 Å². The van der Waals surface area contributed by atoms with Crippen molar-refractivity contribution >= 4 is 27.1 Å². The van der Waals surface area contributed by atoms with E-state index < -0.39 is 10.0 Å². The lowest BCUT2D eigenvalue weighted by Gasteiger charge is -2.36. The van der Waals surface area contributed by atoms with Gasteiger partial charge >= 0.3 is 0 Å². The number of nitro benzene ring substituents is 1. The number of benzene rings is 1. The lowest BCUT2D eigenvalue weighted by atomic mass is 10.1. The van der Waals surface area contributed by atoms with Gasteiger partial charge < -0.3 is 14.7 Å². The predicted molar refractivity (Wildman–Crippen MR) is 101 cm³/mol. The predicted octanol–water partition coefficient (Wildman–Crippen LogP) is 0.428. The quantitative estimate of drug-likeness (QED) is 0.550. The van der Waals surface area contributed by atoms with Gasteiger partial charge in [0.25, 0.3) is 5.69 Å². The Bertz CT molecular complexity index is 769. The second kappa shape index (κ2) is 7.37. The molecule has 2 saturated heterocycles. The molecule has 26 heavy (non-hydrogen) atoms. The first-order valence-corrected chi connectivity index (χ1v) is 10.5. The summed E-state index contributed by atoms with van der Waals surface area (Å²) in [6, 6.07) is 5.19. The summed E-state index contributed by atoms with van der Waals surface area (Å²) in [4.78, 5) is 17.5. The topological polar surface area (TPSA) is 90.2 Å². The maximum Gasteiger partial charge on any atom is 0.292 e. The van der Waals surface area contributed by atoms with Crippen molar-refractivity contribution < 1.29 is 13.3 Å². The van der Waals surface area contributed by atoms with E-state index in [0.29, 0.717) is 31.9 Å². The number of sulfonamides is 1. The third kappa shape index (κ3) is 4.08. The van der Waals surface area contributed by atoms with E-state index in [1.807, 2.05) is 13.1 Å². The van der Waals surface area contributed by atoms with Gasteiger partial charge in [0.15, 0.2) is 0 Å². The summed E-state index contributed by atoms with van der Waals surface area (Å²) in [7, 11) is -1.13. The van der Waals surface area contributed by atoms with Crippen LogP contribution in [0.2, 0.25) is 0 Å². The molecule has 3 rings (SSSR count). The van der Waals surface area contributed by atoms with Gasteiger partial charge in [-0.3, -0.25) is 10.1 Å². The number of likely N-dealkylation sites (N-methyl/N-ethyl adjacent to an activating group) is 1. The first-order chi connectivity index (χ1) is 12.3. The van der Waals surface area contributed by atoms with Crippen LogP contribution in [0.5, 0.6) is 0 Å². The number of hydrogen-bond acceptors (Lipinski definition) is 7. The summed E-state index contributed by atoms with van der Waals surface area (Å²) in [5.74, 6) is 0. The number of nitrogens with zero attached hydrogens (tertiary/aromatic N) is 5. The Balaban J connectivity index is 1.81. The minimum Gasteiger partial charge on any atom is -0.369 e. The van der Waals surface area contributed by atoms with Crippen molar-refractivity contribution in [3.05, 3.63) is 28.3 Å². The van der Waals surface area contributed by atoms with Crippen LogP contribution in [-0.4, -0.2) is 88.2 Å². The summed E-state index contributed by atoms with van der Waals surface area (Å²) in [6.07, 6.45) is 1.22. The molecule has 0 spiro atoms. The van der Waals surface area contributed by atoms with Crippen LogP contribution < -0.4 is 9.80 Å². The molecule has 0 unspecified atom stereocenters. The van der Waals surface area contributed by atoms with Crippen molar-refractivity contribution in [2.75, 3.05) is 75.5 Å². The Kier molecular flexibility index (Phi) is 5.35.